The van der Waals surface area contributed by atoms with Crippen molar-refractivity contribution >= 4 is 17.3 Å². The predicted octanol–water partition coefficient (Wildman–Crippen LogP) is 3.28. The molecule has 8 nitrogen and oxygen atoms in total. The minimum absolute atomic E-state index is 0.0587. The van der Waals surface area contributed by atoms with Gasteiger partial charge in [0.15, 0.2) is 0 Å². The van der Waals surface area contributed by atoms with Crippen LogP contribution in [0.1, 0.15) is 44.1 Å². The molecule has 156 valence electrons. The zero-order valence-corrected chi connectivity index (χ0v) is 16.9. The van der Waals surface area contributed by atoms with Gasteiger partial charge < -0.3 is 19.1 Å². The smallest absolute Gasteiger partial charge is 0.306 e. The van der Waals surface area contributed by atoms with E-state index in [1.807, 2.05) is 6.07 Å². The Kier molecular flexibility index (Phi) is 8.66. The molecular formula is C20H30N2O6. The Hall–Kier alpha value is -2.19. The number of carbonyl (C=O) groups excluding carboxylic acids is 1. The van der Waals surface area contributed by atoms with Crippen LogP contribution in [0.25, 0.3) is 0 Å². The van der Waals surface area contributed by atoms with Crippen LogP contribution in [0, 0.1) is 10.1 Å². The van der Waals surface area contributed by atoms with Gasteiger partial charge in [-0.15, -0.1) is 0 Å². The van der Waals surface area contributed by atoms with E-state index < -0.39 is 0 Å². The molecular weight excluding hydrogens is 364 g/mol. The first-order chi connectivity index (χ1) is 13.5. The molecule has 1 saturated heterocycles. The molecule has 1 aliphatic rings. The van der Waals surface area contributed by atoms with Crippen molar-refractivity contribution in [3.63, 3.8) is 0 Å². The van der Waals surface area contributed by atoms with Gasteiger partial charge in [-0.2, -0.15) is 0 Å². The Bertz CT molecular complexity index is 660. The van der Waals surface area contributed by atoms with E-state index >= 15 is 0 Å². The molecule has 8 heteroatoms. The number of nitro benzene ring substituents is 1. The largest absolute Gasteiger partial charge is 0.469 e. The van der Waals surface area contributed by atoms with Crippen molar-refractivity contribution in [2.24, 2.45) is 0 Å². The fourth-order valence-corrected chi connectivity index (χ4v) is 3.68. The van der Waals surface area contributed by atoms with E-state index in [2.05, 4.69) is 11.8 Å². The highest BCUT2D eigenvalue weighted by atomic mass is 16.6. The van der Waals surface area contributed by atoms with Crippen LogP contribution in [0.2, 0.25) is 0 Å². The molecule has 2 rings (SSSR count). The number of carbonyl (C=O) groups is 1. The van der Waals surface area contributed by atoms with Gasteiger partial charge in [-0.25, -0.2) is 0 Å². The highest BCUT2D eigenvalue weighted by Crippen LogP contribution is 2.35. The molecule has 0 aromatic heterocycles. The topological polar surface area (TPSA) is 91.1 Å². The van der Waals surface area contributed by atoms with E-state index in [1.165, 1.54) is 7.11 Å². The van der Waals surface area contributed by atoms with E-state index in [1.54, 1.807) is 19.2 Å². The number of hydrogen-bond acceptors (Lipinski definition) is 7. The second kappa shape index (κ2) is 11.0. The molecule has 1 aliphatic heterocycles. The molecule has 1 fully saturated rings. The number of hydrogen-bond donors (Lipinski definition) is 0. The summed E-state index contributed by atoms with van der Waals surface area (Å²) < 4.78 is 15.4. The molecule has 0 saturated carbocycles. The molecule has 1 heterocycles. The summed E-state index contributed by atoms with van der Waals surface area (Å²) in [5.41, 5.74) is 1.38. The highest BCUT2D eigenvalue weighted by Gasteiger charge is 2.28. The lowest BCUT2D eigenvalue weighted by atomic mass is 9.95. The number of anilines is 1. The van der Waals surface area contributed by atoms with Gasteiger partial charge >= 0.3 is 5.97 Å². The number of nitro groups is 1. The fraction of sp³-hybridized carbons (Fsp3) is 0.650. The van der Waals surface area contributed by atoms with Crippen LogP contribution < -0.4 is 4.90 Å². The lowest BCUT2D eigenvalue weighted by Gasteiger charge is -2.35. The molecule has 0 N–H and O–H groups in total. The Morgan fingerprint density at radius 1 is 1.36 bits per heavy atom. The number of ether oxygens (including phenoxy) is 3. The summed E-state index contributed by atoms with van der Waals surface area (Å²) >= 11 is 0. The molecule has 0 unspecified atom stereocenters. The standard InChI is InChI=1S/C20H30N2O6/c1-4-9-21(17-7-10-28-11-8-17)18-6-5-15(12-19(18)22(24)25)16(14-26-2)13-20(23)27-3/h5-6,12,16-17H,4,7-11,13-14H2,1-3H3/t16-/m1/s1. The van der Waals surface area contributed by atoms with Crippen molar-refractivity contribution in [2.45, 2.75) is 44.6 Å². The number of esters is 1. The van der Waals surface area contributed by atoms with Crippen LogP contribution in [0.5, 0.6) is 0 Å². The molecule has 1 aromatic carbocycles. The summed E-state index contributed by atoms with van der Waals surface area (Å²) in [6.07, 6.45) is 2.71. The van der Waals surface area contributed by atoms with Crippen molar-refractivity contribution in [2.75, 3.05) is 45.5 Å². The number of benzene rings is 1. The summed E-state index contributed by atoms with van der Waals surface area (Å²) in [6.45, 7) is 4.44. The van der Waals surface area contributed by atoms with Crippen molar-refractivity contribution < 1.29 is 23.9 Å². The van der Waals surface area contributed by atoms with Crippen LogP contribution in [0.4, 0.5) is 11.4 Å². The molecule has 0 radical (unpaired) electrons. The van der Waals surface area contributed by atoms with Gasteiger partial charge in [0.2, 0.25) is 0 Å². The maximum absolute atomic E-state index is 11.9. The summed E-state index contributed by atoms with van der Waals surface area (Å²) in [5.74, 6) is -0.670. The van der Waals surface area contributed by atoms with Gasteiger partial charge in [0, 0.05) is 44.9 Å². The maximum Gasteiger partial charge on any atom is 0.306 e. The minimum Gasteiger partial charge on any atom is -0.469 e. The normalized spacial score (nSPS) is 15.8. The first kappa shape index (κ1) is 22.1. The lowest BCUT2D eigenvalue weighted by molar-refractivity contribution is -0.384. The van der Waals surface area contributed by atoms with E-state index in [9.17, 15) is 14.9 Å². The third-order valence-corrected chi connectivity index (χ3v) is 5.08. The van der Waals surface area contributed by atoms with Gasteiger partial charge in [0.25, 0.3) is 5.69 Å². The van der Waals surface area contributed by atoms with Gasteiger partial charge in [-0.3, -0.25) is 14.9 Å². The van der Waals surface area contributed by atoms with Gasteiger partial charge in [0.1, 0.15) is 5.69 Å². The van der Waals surface area contributed by atoms with Gasteiger partial charge in [-0.05, 0) is 30.9 Å². The van der Waals surface area contributed by atoms with E-state index in [0.29, 0.717) is 24.5 Å². The fourth-order valence-electron chi connectivity index (χ4n) is 3.68. The van der Waals surface area contributed by atoms with Crippen molar-refractivity contribution in [3.05, 3.63) is 33.9 Å². The molecule has 28 heavy (non-hydrogen) atoms. The Morgan fingerprint density at radius 2 is 2.07 bits per heavy atom. The monoisotopic (exact) mass is 394 g/mol. The summed E-state index contributed by atoms with van der Waals surface area (Å²) in [6, 6.07) is 5.46. The number of rotatable bonds is 10. The van der Waals surface area contributed by atoms with E-state index in [4.69, 9.17) is 14.2 Å². The first-order valence-electron chi connectivity index (χ1n) is 9.70. The molecule has 0 spiro atoms. The molecule has 0 amide bonds. The van der Waals surface area contributed by atoms with Crippen molar-refractivity contribution in [1.29, 1.82) is 0 Å². The number of nitrogens with zero attached hydrogens (tertiary/aromatic N) is 2. The second-order valence-corrected chi connectivity index (χ2v) is 6.97. The third kappa shape index (κ3) is 5.65. The SMILES string of the molecule is CCCN(c1ccc([C@@H](COC)CC(=O)OC)cc1[N+](=O)[O-])C1CCOCC1. The Labute approximate surface area is 165 Å². The zero-order chi connectivity index (χ0) is 20.5. The van der Waals surface area contributed by atoms with Crippen LogP contribution in [0.15, 0.2) is 18.2 Å². The van der Waals surface area contributed by atoms with Crippen LogP contribution in [-0.4, -0.2) is 57.5 Å². The molecule has 0 aliphatic carbocycles. The molecule has 1 atom stereocenters. The highest BCUT2D eigenvalue weighted by molar-refractivity contribution is 5.71. The average molecular weight is 394 g/mol. The van der Waals surface area contributed by atoms with E-state index in [-0.39, 0.29) is 41.6 Å². The summed E-state index contributed by atoms with van der Waals surface area (Å²) in [7, 11) is 2.87. The second-order valence-electron chi connectivity index (χ2n) is 6.97. The average Bonchev–Trinajstić information content (AvgIpc) is 2.71. The third-order valence-electron chi connectivity index (χ3n) is 5.08. The number of methoxy groups -OCH3 is 2. The molecule has 0 bridgehead atoms. The predicted molar refractivity (Wildman–Crippen MR) is 106 cm³/mol. The Morgan fingerprint density at radius 3 is 2.64 bits per heavy atom. The van der Waals surface area contributed by atoms with Crippen LogP contribution >= 0.6 is 0 Å². The Balaban J connectivity index is 2.38. The van der Waals surface area contributed by atoms with Crippen molar-refractivity contribution in [3.8, 4) is 0 Å². The van der Waals surface area contributed by atoms with Gasteiger partial charge in [-0.1, -0.05) is 13.0 Å². The van der Waals surface area contributed by atoms with Crippen LogP contribution in [-0.2, 0) is 19.0 Å². The maximum atomic E-state index is 11.9. The van der Waals surface area contributed by atoms with Crippen molar-refractivity contribution in [1.82, 2.24) is 0 Å². The molecule has 1 aromatic rings. The quantitative estimate of drug-likeness (QED) is 0.342. The zero-order valence-electron chi connectivity index (χ0n) is 16.9. The van der Waals surface area contributed by atoms with Crippen LogP contribution in [0.3, 0.4) is 0 Å². The minimum atomic E-state index is -0.372. The lowest BCUT2D eigenvalue weighted by Crippen LogP contribution is -2.40. The summed E-state index contributed by atoms with van der Waals surface area (Å²) in [5, 5.41) is 11.9. The van der Waals surface area contributed by atoms with Gasteiger partial charge in [0.05, 0.1) is 25.1 Å². The van der Waals surface area contributed by atoms with E-state index in [0.717, 1.165) is 25.8 Å². The first-order valence-corrected chi connectivity index (χ1v) is 9.70. The summed E-state index contributed by atoms with van der Waals surface area (Å²) in [4.78, 5) is 25.4.